The Kier molecular flexibility index (Phi) is 15.4. The van der Waals surface area contributed by atoms with Crippen molar-refractivity contribution in [2.75, 3.05) is 53.7 Å². The van der Waals surface area contributed by atoms with Gasteiger partial charge in [-0.1, -0.05) is 23.2 Å². The van der Waals surface area contributed by atoms with Gasteiger partial charge in [-0.25, -0.2) is 27.1 Å². The van der Waals surface area contributed by atoms with Crippen molar-refractivity contribution in [1.82, 2.24) is 10.6 Å². The highest BCUT2D eigenvalue weighted by Gasteiger charge is 2.30. The van der Waals surface area contributed by atoms with Gasteiger partial charge in [0.2, 0.25) is 20.0 Å². The van der Waals surface area contributed by atoms with Gasteiger partial charge in [0.25, 0.3) is 11.8 Å². The van der Waals surface area contributed by atoms with E-state index in [1.165, 1.54) is 50.6 Å². The summed E-state index contributed by atoms with van der Waals surface area (Å²) in [6.45, 7) is 5.43. The molecule has 0 saturated carbocycles. The van der Waals surface area contributed by atoms with E-state index in [1.54, 1.807) is 38.1 Å². The summed E-state index contributed by atoms with van der Waals surface area (Å²) >= 11 is 12.0. The van der Waals surface area contributed by atoms with Gasteiger partial charge in [0.05, 0.1) is 51.8 Å². The van der Waals surface area contributed by atoms with Gasteiger partial charge in [-0.2, -0.15) is 0 Å². The van der Waals surface area contributed by atoms with Crippen LogP contribution in [0.5, 0.6) is 34.5 Å². The van der Waals surface area contributed by atoms with E-state index in [1.807, 2.05) is 0 Å². The van der Waals surface area contributed by atoms with Crippen LogP contribution in [0.1, 0.15) is 70.4 Å². The summed E-state index contributed by atoms with van der Waals surface area (Å²) in [5, 5.41) is 17.3. The van der Waals surface area contributed by atoms with Gasteiger partial charge in [0, 0.05) is 58.2 Å². The number of hydrogen-bond donors (Lipinski definition) is 4. The van der Waals surface area contributed by atoms with Gasteiger partial charge in [-0.05, 0) is 75.2 Å². The molecule has 60 heavy (non-hydrogen) atoms. The van der Waals surface area contributed by atoms with Crippen LogP contribution in [-0.4, -0.2) is 82.4 Å². The summed E-state index contributed by atoms with van der Waals surface area (Å²) in [6, 6.07) is 15.6. The Morgan fingerprint density at radius 1 is 0.650 bits per heavy atom. The standard InChI is InChI=1S/2C20H23ClN2O6S/c2*1-3-28-18-10-17-14(9-19(18)30(22,25)26)12(6-7-29-17)11-23-20(24)15-8-13(21)4-5-16(15)27-2/h2*4-5,8-10,12H,3,6-7,11H2,1-2H3,(H,23,24)(H2,22,25,26). The zero-order chi connectivity index (χ0) is 43.8. The summed E-state index contributed by atoms with van der Waals surface area (Å²) in [5.74, 6) is 1.09. The van der Waals surface area contributed by atoms with E-state index in [0.717, 1.165) is 0 Å². The number of halogens is 2. The summed E-state index contributed by atoms with van der Waals surface area (Å²) in [7, 11) is -5.06. The molecule has 2 atom stereocenters. The van der Waals surface area contributed by atoms with Gasteiger partial charge in [0.15, 0.2) is 0 Å². The molecule has 0 radical (unpaired) electrons. The van der Waals surface area contributed by atoms with E-state index < -0.39 is 20.0 Å². The Bertz CT molecular complexity index is 2280. The Morgan fingerprint density at radius 2 is 1.03 bits per heavy atom. The van der Waals surface area contributed by atoms with Crippen molar-refractivity contribution in [2.45, 2.75) is 48.3 Å². The van der Waals surface area contributed by atoms with Crippen LogP contribution in [0.15, 0.2) is 70.5 Å². The molecule has 2 heterocycles. The quantitative estimate of drug-likeness (QED) is 0.125. The molecule has 6 rings (SSSR count). The van der Waals surface area contributed by atoms with E-state index in [4.69, 9.17) is 61.9 Å². The molecular weight excluding hydrogens is 863 g/mol. The average molecular weight is 910 g/mol. The largest absolute Gasteiger partial charge is 0.496 e. The number of carbonyl (C=O) groups excluding carboxylic acids is 2. The highest BCUT2D eigenvalue weighted by Crippen LogP contribution is 2.41. The van der Waals surface area contributed by atoms with E-state index >= 15 is 0 Å². The maximum absolute atomic E-state index is 12.7. The van der Waals surface area contributed by atoms with Gasteiger partial charge in [-0.3, -0.25) is 9.59 Å². The molecule has 0 bridgehead atoms. The second-order valence-electron chi connectivity index (χ2n) is 13.4. The van der Waals surface area contributed by atoms with Crippen molar-refractivity contribution in [1.29, 1.82) is 0 Å². The van der Waals surface area contributed by atoms with Gasteiger partial charge < -0.3 is 39.1 Å². The summed E-state index contributed by atoms with van der Waals surface area (Å²) in [4.78, 5) is 25.1. The van der Waals surface area contributed by atoms with E-state index in [9.17, 15) is 26.4 Å². The Hall–Kier alpha value is -4.98. The molecule has 0 aromatic heterocycles. The number of rotatable bonds is 14. The first kappa shape index (κ1) is 46.1. The molecule has 0 fully saturated rings. The Labute approximate surface area is 358 Å². The third-order valence-electron chi connectivity index (χ3n) is 9.52. The van der Waals surface area contributed by atoms with Crippen molar-refractivity contribution in [2.24, 2.45) is 10.3 Å². The zero-order valence-corrected chi connectivity index (χ0v) is 36.4. The number of fused-ring (bicyclic) bond motifs is 2. The lowest BCUT2D eigenvalue weighted by atomic mass is 9.92. The minimum Gasteiger partial charge on any atom is -0.496 e. The molecule has 2 aliphatic heterocycles. The van der Waals surface area contributed by atoms with Crippen LogP contribution in [-0.2, 0) is 20.0 Å². The molecule has 0 aliphatic carbocycles. The number of carbonyl (C=O) groups is 2. The van der Waals surface area contributed by atoms with Crippen molar-refractivity contribution < 1.29 is 54.8 Å². The monoisotopic (exact) mass is 908 g/mol. The Morgan fingerprint density at radius 3 is 1.37 bits per heavy atom. The van der Waals surface area contributed by atoms with E-state index in [-0.39, 0.29) is 71.2 Å². The number of methoxy groups -OCH3 is 2. The van der Waals surface area contributed by atoms with Gasteiger partial charge >= 0.3 is 0 Å². The van der Waals surface area contributed by atoms with Crippen LogP contribution in [0.4, 0.5) is 0 Å². The topological polar surface area (TPSA) is 234 Å². The molecule has 2 unspecified atom stereocenters. The van der Waals surface area contributed by atoms with Crippen molar-refractivity contribution >= 4 is 55.1 Å². The zero-order valence-electron chi connectivity index (χ0n) is 33.2. The van der Waals surface area contributed by atoms with Crippen LogP contribution in [0, 0.1) is 0 Å². The van der Waals surface area contributed by atoms with Gasteiger partial charge in [-0.15, -0.1) is 0 Å². The maximum atomic E-state index is 12.7. The first-order chi connectivity index (χ1) is 28.5. The minimum atomic E-state index is -4.00. The molecule has 324 valence electrons. The maximum Gasteiger partial charge on any atom is 0.255 e. The highest BCUT2D eigenvalue weighted by atomic mass is 35.5. The lowest BCUT2D eigenvalue weighted by Gasteiger charge is -2.27. The average Bonchev–Trinajstić information content (AvgIpc) is 3.21. The fourth-order valence-electron chi connectivity index (χ4n) is 6.68. The van der Waals surface area contributed by atoms with Crippen molar-refractivity contribution in [3.05, 3.63) is 93.0 Å². The fourth-order valence-corrected chi connectivity index (χ4v) is 8.40. The fraction of sp³-hybridized carbons (Fsp3) is 0.350. The molecular formula is C40H46Cl2N4O12S2. The van der Waals surface area contributed by atoms with Crippen LogP contribution in [0.25, 0.3) is 0 Å². The highest BCUT2D eigenvalue weighted by molar-refractivity contribution is 7.89. The second kappa shape index (κ2) is 20.1. The van der Waals surface area contributed by atoms with E-state index in [0.29, 0.717) is 81.4 Å². The number of primary sulfonamides is 2. The number of sulfonamides is 2. The first-order valence-electron chi connectivity index (χ1n) is 18.6. The molecule has 0 spiro atoms. The molecule has 2 amide bonds. The molecule has 4 aromatic rings. The third kappa shape index (κ3) is 11.2. The number of amides is 2. The minimum absolute atomic E-state index is 0.110. The van der Waals surface area contributed by atoms with Crippen LogP contribution in [0.3, 0.4) is 0 Å². The first-order valence-corrected chi connectivity index (χ1v) is 22.5. The number of nitrogens with one attached hydrogen (secondary N) is 2. The number of nitrogens with two attached hydrogens (primary N) is 2. The third-order valence-corrected chi connectivity index (χ3v) is 11.9. The predicted molar refractivity (Wildman–Crippen MR) is 224 cm³/mol. The van der Waals surface area contributed by atoms with Crippen molar-refractivity contribution in [3.8, 4) is 34.5 Å². The summed E-state index contributed by atoms with van der Waals surface area (Å²) in [5.41, 5.74) is 1.92. The lowest BCUT2D eigenvalue weighted by Crippen LogP contribution is -2.31. The van der Waals surface area contributed by atoms with Crippen LogP contribution < -0.4 is 49.3 Å². The normalized spacial score (nSPS) is 15.7. The molecule has 20 heteroatoms. The predicted octanol–water partition coefficient (Wildman–Crippen LogP) is 5.38. The molecule has 0 saturated heterocycles. The molecule has 6 N–H and O–H groups in total. The molecule has 16 nitrogen and oxygen atoms in total. The second-order valence-corrected chi connectivity index (χ2v) is 17.3. The van der Waals surface area contributed by atoms with Crippen LogP contribution >= 0.6 is 23.2 Å². The molecule has 2 aliphatic rings. The number of benzene rings is 4. The Balaban J connectivity index is 0.000000228. The smallest absolute Gasteiger partial charge is 0.255 e. The molecule has 4 aromatic carbocycles. The summed E-state index contributed by atoms with van der Waals surface area (Å²) < 4.78 is 80.8. The summed E-state index contributed by atoms with van der Waals surface area (Å²) in [6.07, 6.45) is 1.19. The van der Waals surface area contributed by atoms with Crippen LogP contribution in [0.2, 0.25) is 10.0 Å². The van der Waals surface area contributed by atoms with Crippen molar-refractivity contribution in [3.63, 3.8) is 0 Å². The lowest BCUT2D eigenvalue weighted by molar-refractivity contribution is 0.0937. The number of hydrogen-bond acceptors (Lipinski definition) is 12. The van der Waals surface area contributed by atoms with E-state index in [2.05, 4.69) is 10.6 Å². The SMILES string of the molecule is CCOc1cc2c(cc1S(N)(=O)=O)C(CNC(=O)c1cc(Cl)ccc1OC)CCO2.CCOc1cc2c(cc1S(N)(=O)=O)C(CNC(=O)c1cc(Cl)ccc1OC)CCO2. The van der Waals surface area contributed by atoms with Gasteiger partial charge in [0.1, 0.15) is 44.3 Å². The number of ether oxygens (including phenoxy) is 6.